The molecule has 8 heteroatoms. The maximum Gasteiger partial charge on any atom is 0.264 e. The minimum atomic E-state index is -4.06. The van der Waals surface area contributed by atoms with E-state index in [0.29, 0.717) is 22.4 Å². The number of rotatable bonds is 10. The molecule has 0 fully saturated rings. The zero-order valence-corrected chi connectivity index (χ0v) is 21.0. The Morgan fingerprint density at radius 1 is 1.00 bits per heavy atom. The Hall–Kier alpha value is -3.03. The van der Waals surface area contributed by atoms with E-state index in [1.807, 2.05) is 30.3 Å². The van der Waals surface area contributed by atoms with Crippen molar-refractivity contribution in [2.45, 2.75) is 31.2 Å². The number of nitrogens with zero attached hydrogens (tertiary/aromatic N) is 1. The number of hydrogen-bond acceptors (Lipinski definition) is 4. The standard InChI is InChI=1S/C26H29ClN2O4S/c1-19(2)16-25(20-8-5-4-6-9-20)28-26(30)18-29(22-11-7-10-21(27)17-22)34(31,32)24-14-12-23(33-3)13-15-24/h4-15,17,19,25H,16,18H2,1-3H3,(H,28,30)/t25-/m0/s1. The van der Waals surface area contributed by atoms with Crippen LogP contribution in [0.5, 0.6) is 5.75 Å². The quantitative estimate of drug-likeness (QED) is 0.401. The molecule has 0 unspecified atom stereocenters. The molecule has 1 atom stereocenters. The van der Waals surface area contributed by atoms with Gasteiger partial charge in [-0.05, 0) is 60.4 Å². The van der Waals surface area contributed by atoms with Crippen LogP contribution in [0.3, 0.4) is 0 Å². The Labute approximate surface area is 206 Å². The molecule has 0 radical (unpaired) electrons. The molecule has 1 amide bonds. The minimum Gasteiger partial charge on any atom is -0.497 e. The fourth-order valence-corrected chi connectivity index (χ4v) is 5.22. The number of amides is 1. The van der Waals surface area contributed by atoms with Crippen LogP contribution in [0.25, 0.3) is 0 Å². The maximum absolute atomic E-state index is 13.6. The Morgan fingerprint density at radius 3 is 2.26 bits per heavy atom. The lowest BCUT2D eigenvalue weighted by Gasteiger charge is -2.26. The molecular formula is C26H29ClN2O4S. The minimum absolute atomic E-state index is 0.0443. The van der Waals surface area contributed by atoms with E-state index in [1.165, 1.54) is 25.3 Å². The van der Waals surface area contributed by atoms with Gasteiger partial charge < -0.3 is 10.1 Å². The molecule has 0 spiro atoms. The number of hydrogen-bond donors (Lipinski definition) is 1. The summed E-state index contributed by atoms with van der Waals surface area (Å²) in [4.78, 5) is 13.2. The predicted octanol–water partition coefficient (Wildman–Crippen LogP) is 5.45. The van der Waals surface area contributed by atoms with Crippen LogP contribution in [0.15, 0.2) is 83.8 Å². The molecule has 3 aromatic carbocycles. The molecule has 0 heterocycles. The molecule has 0 aliphatic carbocycles. The second-order valence-electron chi connectivity index (χ2n) is 8.33. The largest absolute Gasteiger partial charge is 0.497 e. The van der Waals surface area contributed by atoms with Crippen molar-refractivity contribution in [3.63, 3.8) is 0 Å². The molecule has 0 aliphatic heterocycles. The van der Waals surface area contributed by atoms with Gasteiger partial charge in [0.2, 0.25) is 5.91 Å². The molecule has 3 rings (SSSR count). The third kappa shape index (κ3) is 6.52. The lowest BCUT2D eigenvalue weighted by atomic mass is 9.97. The molecule has 0 saturated heterocycles. The van der Waals surface area contributed by atoms with Crippen molar-refractivity contribution in [1.82, 2.24) is 5.32 Å². The van der Waals surface area contributed by atoms with Crippen molar-refractivity contribution in [2.24, 2.45) is 5.92 Å². The number of carbonyl (C=O) groups is 1. The van der Waals surface area contributed by atoms with Crippen LogP contribution in [0.4, 0.5) is 5.69 Å². The van der Waals surface area contributed by atoms with Gasteiger partial charge in [-0.15, -0.1) is 0 Å². The zero-order chi connectivity index (χ0) is 24.7. The van der Waals surface area contributed by atoms with Crippen LogP contribution in [0, 0.1) is 5.92 Å². The molecule has 6 nitrogen and oxygen atoms in total. The summed E-state index contributed by atoms with van der Waals surface area (Å²) in [5.41, 5.74) is 1.27. The molecule has 3 aromatic rings. The van der Waals surface area contributed by atoms with Gasteiger partial charge in [0.15, 0.2) is 0 Å². The monoisotopic (exact) mass is 500 g/mol. The summed E-state index contributed by atoms with van der Waals surface area (Å²) < 4.78 is 33.4. The van der Waals surface area contributed by atoms with Gasteiger partial charge >= 0.3 is 0 Å². The summed E-state index contributed by atoms with van der Waals surface area (Å²) in [6.07, 6.45) is 0.720. The second kappa shape index (κ2) is 11.4. The Kier molecular flexibility index (Phi) is 8.58. The van der Waals surface area contributed by atoms with Crippen molar-refractivity contribution in [3.05, 3.63) is 89.4 Å². The fraction of sp³-hybridized carbons (Fsp3) is 0.269. The Bertz CT molecular complexity index is 1200. The average Bonchev–Trinajstić information content (AvgIpc) is 2.82. The smallest absolute Gasteiger partial charge is 0.264 e. The number of methoxy groups -OCH3 is 1. The van der Waals surface area contributed by atoms with Crippen LogP contribution in [0.2, 0.25) is 5.02 Å². The number of anilines is 1. The van der Waals surface area contributed by atoms with Gasteiger partial charge in [-0.1, -0.05) is 61.8 Å². The van der Waals surface area contributed by atoms with E-state index in [0.717, 1.165) is 16.3 Å². The van der Waals surface area contributed by atoms with Gasteiger partial charge in [0.25, 0.3) is 10.0 Å². The van der Waals surface area contributed by atoms with Crippen LogP contribution in [-0.4, -0.2) is 28.0 Å². The fourth-order valence-electron chi connectivity index (χ4n) is 3.63. The van der Waals surface area contributed by atoms with E-state index in [1.54, 1.807) is 30.3 Å². The molecule has 0 saturated carbocycles. The lowest BCUT2D eigenvalue weighted by Crippen LogP contribution is -2.42. The first-order valence-electron chi connectivity index (χ1n) is 11.0. The summed E-state index contributed by atoms with van der Waals surface area (Å²) >= 11 is 6.14. The first-order chi connectivity index (χ1) is 16.2. The summed E-state index contributed by atoms with van der Waals surface area (Å²) in [6, 6.07) is 21.9. The van der Waals surface area contributed by atoms with E-state index in [-0.39, 0.29) is 10.9 Å². The van der Waals surface area contributed by atoms with Crippen molar-refractivity contribution in [1.29, 1.82) is 0 Å². The number of sulfonamides is 1. The van der Waals surface area contributed by atoms with Crippen molar-refractivity contribution in [3.8, 4) is 5.75 Å². The number of halogens is 1. The van der Waals surface area contributed by atoms with Crippen molar-refractivity contribution < 1.29 is 17.9 Å². The lowest BCUT2D eigenvalue weighted by molar-refractivity contribution is -0.120. The Morgan fingerprint density at radius 2 is 1.68 bits per heavy atom. The van der Waals surface area contributed by atoms with E-state index < -0.39 is 22.5 Å². The first kappa shape index (κ1) is 25.6. The highest BCUT2D eigenvalue weighted by molar-refractivity contribution is 7.92. The van der Waals surface area contributed by atoms with Crippen LogP contribution >= 0.6 is 11.6 Å². The third-order valence-electron chi connectivity index (χ3n) is 5.28. The van der Waals surface area contributed by atoms with E-state index >= 15 is 0 Å². The third-order valence-corrected chi connectivity index (χ3v) is 7.30. The van der Waals surface area contributed by atoms with Gasteiger partial charge in [-0.25, -0.2) is 8.42 Å². The van der Waals surface area contributed by atoms with Gasteiger partial charge in [0.1, 0.15) is 12.3 Å². The van der Waals surface area contributed by atoms with Crippen molar-refractivity contribution >= 4 is 33.2 Å². The number of benzene rings is 3. The van der Waals surface area contributed by atoms with E-state index in [4.69, 9.17) is 16.3 Å². The summed E-state index contributed by atoms with van der Waals surface area (Å²) in [5.74, 6) is 0.453. The summed E-state index contributed by atoms with van der Waals surface area (Å²) in [6.45, 7) is 3.76. The van der Waals surface area contributed by atoms with Gasteiger partial charge in [0, 0.05) is 5.02 Å². The van der Waals surface area contributed by atoms with Crippen LogP contribution in [0.1, 0.15) is 31.9 Å². The normalized spacial score (nSPS) is 12.3. The Balaban J connectivity index is 1.92. The molecule has 0 bridgehead atoms. The average molecular weight is 501 g/mol. The predicted molar refractivity (Wildman–Crippen MR) is 136 cm³/mol. The second-order valence-corrected chi connectivity index (χ2v) is 10.6. The molecule has 0 aliphatic rings. The molecular weight excluding hydrogens is 472 g/mol. The van der Waals surface area contributed by atoms with Crippen LogP contribution in [-0.2, 0) is 14.8 Å². The number of nitrogens with one attached hydrogen (secondary N) is 1. The first-order valence-corrected chi connectivity index (χ1v) is 12.8. The van der Waals surface area contributed by atoms with Gasteiger partial charge in [-0.2, -0.15) is 0 Å². The molecule has 0 aromatic heterocycles. The number of ether oxygens (including phenoxy) is 1. The maximum atomic E-state index is 13.6. The van der Waals surface area contributed by atoms with E-state index in [9.17, 15) is 13.2 Å². The topological polar surface area (TPSA) is 75.7 Å². The number of carbonyl (C=O) groups excluding carboxylic acids is 1. The summed E-state index contributed by atoms with van der Waals surface area (Å²) in [7, 11) is -2.55. The van der Waals surface area contributed by atoms with Crippen molar-refractivity contribution in [2.75, 3.05) is 18.0 Å². The van der Waals surface area contributed by atoms with Gasteiger partial charge in [-0.3, -0.25) is 9.10 Å². The highest BCUT2D eigenvalue weighted by Crippen LogP contribution is 2.28. The summed E-state index contributed by atoms with van der Waals surface area (Å²) in [5, 5.41) is 3.39. The molecule has 34 heavy (non-hydrogen) atoms. The highest BCUT2D eigenvalue weighted by atomic mass is 35.5. The van der Waals surface area contributed by atoms with E-state index in [2.05, 4.69) is 19.2 Å². The zero-order valence-electron chi connectivity index (χ0n) is 19.4. The highest BCUT2D eigenvalue weighted by Gasteiger charge is 2.28. The van der Waals surface area contributed by atoms with Crippen LogP contribution < -0.4 is 14.4 Å². The SMILES string of the molecule is COc1ccc(S(=O)(=O)N(CC(=O)N[C@@H](CC(C)C)c2ccccc2)c2cccc(Cl)c2)cc1. The van der Waals surface area contributed by atoms with Gasteiger partial charge in [0.05, 0.1) is 23.7 Å². The molecule has 180 valence electrons. The molecule has 1 N–H and O–H groups in total.